The number of rotatable bonds is 29. The van der Waals surface area contributed by atoms with Crippen molar-refractivity contribution in [2.75, 3.05) is 19.8 Å². The molecule has 4 aliphatic heterocycles. The van der Waals surface area contributed by atoms with E-state index in [-0.39, 0.29) is 52.9 Å². The summed E-state index contributed by atoms with van der Waals surface area (Å²) in [6.07, 6.45) is -16.1. The molecule has 0 aliphatic carbocycles. The van der Waals surface area contributed by atoms with Gasteiger partial charge in [0.15, 0.2) is 25.0 Å². The lowest BCUT2D eigenvalue weighted by Crippen LogP contribution is -2.69. The summed E-state index contributed by atoms with van der Waals surface area (Å²) < 4.78 is 99.2. The van der Waals surface area contributed by atoms with Gasteiger partial charge in [0.2, 0.25) is 0 Å². The number of carbonyl (C=O) groups excluding carboxylic acids is 2. The second-order valence-corrected chi connectivity index (χ2v) is 31.0. The first-order valence-electron chi connectivity index (χ1n) is 33.4. The van der Waals surface area contributed by atoms with E-state index in [1.165, 1.54) is 6.92 Å². The monoisotopic (exact) mass is 1420 g/mol. The molecule has 0 aromatic heterocycles. The zero-order valence-electron chi connectivity index (χ0n) is 55.6. The molecule has 21 heteroatoms. The number of ether oxygens (including phenoxy) is 13. The van der Waals surface area contributed by atoms with E-state index in [4.69, 9.17) is 66.0 Å². The van der Waals surface area contributed by atoms with Gasteiger partial charge in [0, 0.05) is 16.3 Å². The van der Waals surface area contributed by atoms with Gasteiger partial charge in [-0.25, -0.2) is 4.79 Å². The maximum absolute atomic E-state index is 14.2. The van der Waals surface area contributed by atoms with E-state index in [1.807, 2.05) is 188 Å². The molecule has 0 amide bonds. The zero-order chi connectivity index (χ0) is 68.6. The largest absolute Gasteiger partial charge is 0.463 e. The summed E-state index contributed by atoms with van der Waals surface area (Å²) in [4.78, 5) is 30.7. The van der Waals surface area contributed by atoms with Gasteiger partial charge < -0.3 is 66.0 Å². The number of hydrogen-bond donors (Lipinski definition) is 0. The number of nitrogens with zero attached hydrogens (tertiary/aromatic N) is 3. The van der Waals surface area contributed by atoms with Crippen LogP contribution >= 0.6 is 15.9 Å². The van der Waals surface area contributed by atoms with E-state index < -0.39 is 117 Å². The predicted octanol–water partition coefficient (Wildman–Crippen LogP) is 12.7. The predicted molar refractivity (Wildman–Crippen MR) is 373 cm³/mol. The maximum Gasteiger partial charge on any atom is 0.338 e. The van der Waals surface area contributed by atoms with E-state index in [0.717, 1.165) is 42.7 Å². The normalized spacial score (nSPS) is 26.0. The molecule has 19 nitrogen and oxygen atoms in total. The van der Waals surface area contributed by atoms with Crippen molar-refractivity contribution in [1.29, 1.82) is 0 Å². The molecule has 8 aromatic carbocycles. The van der Waals surface area contributed by atoms with Gasteiger partial charge in [-0.3, -0.25) is 4.79 Å². The number of benzene rings is 8. The Kier molecular flexibility index (Phi) is 24.4. The average Bonchev–Trinajstić information content (AvgIpc) is 1.32. The van der Waals surface area contributed by atoms with Crippen LogP contribution < -0.4 is 10.4 Å². The molecular formula is C78H82BrN3O16Si. The van der Waals surface area contributed by atoms with Gasteiger partial charge in [-0.05, 0) is 73.0 Å². The van der Waals surface area contributed by atoms with Crippen molar-refractivity contribution in [1.82, 2.24) is 0 Å². The summed E-state index contributed by atoms with van der Waals surface area (Å²) in [5.41, 5.74) is 15.5. The van der Waals surface area contributed by atoms with Crippen molar-refractivity contribution in [3.8, 4) is 0 Å². The topological polar surface area (TPSA) is 212 Å². The van der Waals surface area contributed by atoms with Crippen LogP contribution in [0, 0.1) is 0 Å². The number of azide groups is 1. The van der Waals surface area contributed by atoms with Crippen LogP contribution in [0.3, 0.4) is 0 Å². The van der Waals surface area contributed by atoms with E-state index in [0.29, 0.717) is 5.56 Å². The van der Waals surface area contributed by atoms with Gasteiger partial charge in [-0.15, -0.1) is 0 Å². The number of hydrogen-bond acceptors (Lipinski definition) is 17. The Hall–Kier alpha value is -7.77. The van der Waals surface area contributed by atoms with Crippen molar-refractivity contribution in [3.63, 3.8) is 0 Å². The Morgan fingerprint density at radius 1 is 0.495 bits per heavy atom. The van der Waals surface area contributed by atoms with Crippen LogP contribution in [0.15, 0.2) is 246 Å². The lowest BCUT2D eigenvalue weighted by atomic mass is 9.94. The van der Waals surface area contributed by atoms with Gasteiger partial charge in [0.05, 0.1) is 51.8 Å². The molecular weight excluding hydrogens is 1340 g/mol. The van der Waals surface area contributed by atoms with Crippen LogP contribution in [-0.4, -0.2) is 132 Å². The molecule has 0 unspecified atom stereocenters. The Balaban J connectivity index is 1.00. The first kappa shape index (κ1) is 71.1. The molecule has 4 fully saturated rings. The number of halogens is 1. The molecule has 2 bridgehead atoms. The number of fused-ring (bicyclic) bond motifs is 2. The van der Waals surface area contributed by atoms with Crippen LogP contribution in [0.5, 0.6) is 0 Å². The third kappa shape index (κ3) is 17.7. The lowest BCUT2D eigenvalue weighted by molar-refractivity contribution is -0.369. The smallest absolute Gasteiger partial charge is 0.338 e. The Morgan fingerprint density at radius 2 is 0.919 bits per heavy atom. The molecule has 0 saturated carbocycles. The highest BCUT2D eigenvalue weighted by Crippen LogP contribution is 2.43. The van der Waals surface area contributed by atoms with Gasteiger partial charge in [-0.2, -0.15) is 0 Å². The van der Waals surface area contributed by atoms with Crippen molar-refractivity contribution in [2.45, 2.75) is 158 Å². The molecule has 99 heavy (non-hydrogen) atoms. The summed E-state index contributed by atoms with van der Waals surface area (Å²) in [5.74, 6) is -1.19. The van der Waals surface area contributed by atoms with Crippen LogP contribution in [0.25, 0.3) is 10.4 Å². The van der Waals surface area contributed by atoms with Gasteiger partial charge >= 0.3 is 11.9 Å². The minimum Gasteiger partial charge on any atom is -0.463 e. The summed E-state index contributed by atoms with van der Waals surface area (Å²) >= 11 is 3.61. The van der Waals surface area contributed by atoms with E-state index in [1.54, 1.807) is 24.3 Å². The van der Waals surface area contributed by atoms with Crippen LogP contribution in [0.1, 0.15) is 65.9 Å². The number of carbonyl (C=O) groups is 2. The van der Waals surface area contributed by atoms with Crippen molar-refractivity contribution in [3.05, 3.63) is 285 Å². The molecule has 4 aliphatic rings. The number of esters is 2. The summed E-state index contributed by atoms with van der Waals surface area (Å²) in [5, 5.41) is 6.00. The lowest BCUT2D eigenvalue weighted by Gasteiger charge is -2.51. The fourth-order valence-electron chi connectivity index (χ4n) is 13.3. The van der Waals surface area contributed by atoms with Crippen LogP contribution in [0.2, 0.25) is 5.04 Å². The maximum atomic E-state index is 14.2. The van der Waals surface area contributed by atoms with Crippen LogP contribution in [-0.2, 0) is 104 Å². The standard InChI is InChI=1S/C78H82BrN3O16Si/c1-52(83)85-49-62-66(86-44-53-26-12-5-13-27-53)70(88-45-54-28-14-6-15-29-54)72(90-47-56-32-18-8-19-33-56)77(95-62)98-67-64(51-92-99(78(2,3)4,60-36-22-10-23-37-60)61-38-24-11-25-39-61)93-75(65(81-82-80)69(67)87-48-57-40-42-59(79)43-41-57)97-68-63-50-91-76(94-63)73(96-74(84)58-34-20-9-21-35-58)71(68)89-46-55-30-16-7-17-31-55/h5-43,62-73,75-77H,44-51H2,1-4H3/t62-,63+,64-,65-,66-,67-,68-,69-,70+,71+,72-,73-,75-,76+,77+/m1/s1. The quantitative estimate of drug-likeness (QED) is 0.0140. The zero-order valence-corrected chi connectivity index (χ0v) is 58.2. The van der Waals surface area contributed by atoms with E-state index >= 15 is 0 Å². The molecule has 0 N–H and O–H groups in total. The molecule has 516 valence electrons. The minimum absolute atomic E-state index is 0.00983. The third-order valence-corrected chi connectivity index (χ3v) is 23.6. The Morgan fingerprint density at radius 3 is 1.41 bits per heavy atom. The highest BCUT2D eigenvalue weighted by atomic mass is 79.9. The van der Waals surface area contributed by atoms with Crippen LogP contribution in [0.4, 0.5) is 0 Å². The Bertz CT molecular complexity index is 3820. The first-order chi connectivity index (χ1) is 48.3. The molecule has 0 spiro atoms. The fraction of sp³-hybridized carbons (Fsp3) is 0.359. The minimum atomic E-state index is -3.47. The van der Waals surface area contributed by atoms with Crippen molar-refractivity contribution >= 4 is 46.6 Å². The highest BCUT2D eigenvalue weighted by Gasteiger charge is 2.60. The van der Waals surface area contributed by atoms with Gasteiger partial charge in [0.1, 0.15) is 73.7 Å². The van der Waals surface area contributed by atoms with Gasteiger partial charge in [0.25, 0.3) is 8.32 Å². The molecule has 12 rings (SSSR count). The summed E-state index contributed by atoms with van der Waals surface area (Å²) in [7, 11) is -3.47. The summed E-state index contributed by atoms with van der Waals surface area (Å²) in [6.45, 7) is 7.74. The first-order valence-corrected chi connectivity index (χ1v) is 36.1. The highest BCUT2D eigenvalue weighted by molar-refractivity contribution is 9.10. The van der Waals surface area contributed by atoms with Crippen molar-refractivity contribution in [2.24, 2.45) is 5.11 Å². The second-order valence-electron chi connectivity index (χ2n) is 25.8. The van der Waals surface area contributed by atoms with Gasteiger partial charge in [-0.1, -0.05) is 254 Å². The molecule has 4 heterocycles. The third-order valence-electron chi connectivity index (χ3n) is 18.1. The Labute approximate surface area is 586 Å². The van der Waals surface area contributed by atoms with E-state index in [2.05, 4.69) is 71.0 Å². The van der Waals surface area contributed by atoms with Crippen molar-refractivity contribution < 1.29 is 75.6 Å². The molecule has 0 radical (unpaired) electrons. The molecule has 15 atom stereocenters. The average molecular weight is 1430 g/mol. The molecule has 8 aromatic rings. The molecule has 4 saturated heterocycles. The summed E-state index contributed by atoms with van der Waals surface area (Å²) in [6, 6.07) is 74.0. The fourth-order valence-corrected chi connectivity index (χ4v) is 18.1. The van der Waals surface area contributed by atoms with E-state index in [9.17, 15) is 15.1 Å². The second kappa shape index (κ2) is 34.1. The SMILES string of the molecule is CC(=O)OC[C@H]1O[C@@H](O[C@H]2[C@H](OCc3ccc(Br)cc3)[C@@H](N=[N+]=[N-])[C@@H](O[C@H]3[C@H](OCc4ccccc4)[C@@H](OC(=O)c4ccccc4)[C@H]4OC[C@@H]3O4)O[C@@H]2CO[Si](c2ccccc2)(c2ccccc2)C(C)(C)C)[C@H](OCc2ccccc2)[C@@H](OCc2ccccc2)[C@@H]1OCc1ccccc1.